The van der Waals surface area contributed by atoms with Gasteiger partial charge in [-0.2, -0.15) is 13.2 Å². The number of hydrogen-bond donors (Lipinski definition) is 0. The van der Waals surface area contributed by atoms with Crippen molar-refractivity contribution >= 4 is 5.78 Å². The van der Waals surface area contributed by atoms with Gasteiger partial charge in [0.15, 0.2) is 5.78 Å². The molecule has 0 saturated carbocycles. The molecule has 1 aromatic carbocycles. The molecule has 0 saturated heterocycles. The minimum absolute atomic E-state index is 0.0978. The maximum Gasteiger partial charge on any atom is 0.389 e. The Morgan fingerprint density at radius 3 is 2.13 bits per heavy atom. The number of alkyl halides is 3. The Hall–Kier alpha value is -1.39. The molecule has 1 aromatic rings. The van der Waals surface area contributed by atoms with Crippen molar-refractivity contribution in [2.75, 3.05) is 0 Å². The molecule has 5 heteroatoms. The van der Waals surface area contributed by atoms with E-state index >= 15 is 0 Å². The number of halogens is 4. The summed E-state index contributed by atoms with van der Waals surface area (Å²) in [6.45, 7) is 0. The Morgan fingerprint density at radius 1 is 1.13 bits per heavy atom. The average molecular weight is 220 g/mol. The highest BCUT2D eigenvalue weighted by molar-refractivity contribution is 5.95. The molecule has 82 valence electrons. The van der Waals surface area contributed by atoms with Crippen LogP contribution in [0.2, 0.25) is 0 Å². The van der Waals surface area contributed by atoms with Crippen LogP contribution in [-0.4, -0.2) is 12.0 Å². The van der Waals surface area contributed by atoms with Crippen molar-refractivity contribution < 1.29 is 22.4 Å². The van der Waals surface area contributed by atoms with Crippen LogP contribution in [-0.2, 0) is 0 Å². The first-order valence-corrected chi connectivity index (χ1v) is 4.24. The van der Waals surface area contributed by atoms with Crippen LogP contribution in [0.15, 0.2) is 24.3 Å². The number of benzene rings is 1. The van der Waals surface area contributed by atoms with Gasteiger partial charge in [0.1, 0.15) is 5.82 Å². The zero-order chi connectivity index (χ0) is 11.5. The molecular weight excluding hydrogens is 212 g/mol. The van der Waals surface area contributed by atoms with Gasteiger partial charge in [0.2, 0.25) is 0 Å². The molecule has 0 atom stereocenters. The normalized spacial score (nSPS) is 11.5. The molecule has 1 nitrogen and oxygen atoms in total. The van der Waals surface area contributed by atoms with Crippen LogP contribution in [0.5, 0.6) is 0 Å². The third-order valence-electron chi connectivity index (χ3n) is 1.80. The predicted molar refractivity (Wildman–Crippen MR) is 46.0 cm³/mol. The molecule has 0 amide bonds. The Balaban J connectivity index is 2.58. The third kappa shape index (κ3) is 4.10. The molecule has 0 bridgehead atoms. The standard InChI is InChI=1S/C10H8F4O/c11-8-3-1-7(2-4-8)9(15)5-6-10(12,13)14/h1-4H,5-6H2. The average Bonchev–Trinajstić information content (AvgIpc) is 2.14. The van der Waals surface area contributed by atoms with E-state index in [4.69, 9.17) is 0 Å². The second-order valence-corrected chi connectivity index (χ2v) is 3.05. The lowest BCUT2D eigenvalue weighted by atomic mass is 10.1. The van der Waals surface area contributed by atoms with Crippen molar-refractivity contribution in [1.82, 2.24) is 0 Å². The molecule has 0 aromatic heterocycles. The fourth-order valence-electron chi connectivity index (χ4n) is 1.04. The molecule has 0 N–H and O–H groups in total. The van der Waals surface area contributed by atoms with Crippen LogP contribution >= 0.6 is 0 Å². The first kappa shape index (κ1) is 11.7. The van der Waals surface area contributed by atoms with Crippen molar-refractivity contribution in [2.45, 2.75) is 19.0 Å². The van der Waals surface area contributed by atoms with Crippen molar-refractivity contribution in [3.8, 4) is 0 Å². The van der Waals surface area contributed by atoms with Crippen LogP contribution in [0.1, 0.15) is 23.2 Å². The highest BCUT2D eigenvalue weighted by Crippen LogP contribution is 2.22. The molecule has 0 fully saturated rings. The molecule has 0 spiro atoms. The number of Topliss-reactive ketones (excluding diaryl/α,β-unsaturated/α-hetero) is 1. The van der Waals surface area contributed by atoms with Crippen LogP contribution in [0.3, 0.4) is 0 Å². The summed E-state index contributed by atoms with van der Waals surface area (Å²) in [4.78, 5) is 11.2. The summed E-state index contributed by atoms with van der Waals surface area (Å²) in [6.07, 6.45) is -6.09. The Labute approximate surface area is 83.7 Å². The number of carbonyl (C=O) groups excluding carboxylic acids is 1. The van der Waals surface area contributed by atoms with E-state index in [2.05, 4.69) is 0 Å². The summed E-state index contributed by atoms with van der Waals surface area (Å²) in [6, 6.07) is 4.43. The summed E-state index contributed by atoms with van der Waals surface area (Å²) >= 11 is 0. The molecular formula is C10H8F4O. The van der Waals surface area contributed by atoms with E-state index < -0.39 is 30.6 Å². The van der Waals surface area contributed by atoms with Gasteiger partial charge in [0.25, 0.3) is 0 Å². The van der Waals surface area contributed by atoms with Crippen molar-refractivity contribution in [1.29, 1.82) is 0 Å². The zero-order valence-corrected chi connectivity index (χ0v) is 7.64. The van der Waals surface area contributed by atoms with Gasteiger partial charge in [-0.3, -0.25) is 4.79 Å². The molecule has 0 aliphatic rings. The van der Waals surface area contributed by atoms with E-state index in [1.807, 2.05) is 0 Å². The number of rotatable bonds is 3. The van der Waals surface area contributed by atoms with E-state index in [1.165, 1.54) is 12.1 Å². The molecule has 1 rings (SSSR count). The maximum absolute atomic E-state index is 12.4. The molecule has 15 heavy (non-hydrogen) atoms. The largest absolute Gasteiger partial charge is 0.389 e. The van der Waals surface area contributed by atoms with Crippen molar-refractivity contribution in [2.24, 2.45) is 0 Å². The Kier molecular flexibility index (Phi) is 3.44. The van der Waals surface area contributed by atoms with Crippen LogP contribution < -0.4 is 0 Å². The summed E-state index contributed by atoms with van der Waals surface area (Å²) in [5.41, 5.74) is 0.0978. The Morgan fingerprint density at radius 2 is 1.67 bits per heavy atom. The molecule has 0 heterocycles. The van der Waals surface area contributed by atoms with Crippen LogP contribution in [0.4, 0.5) is 17.6 Å². The third-order valence-corrected chi connectivity index (χ3v) is 1.80. The van der Waals surface area contributed by atoms with E-state index in [0.29, 0.717) is 0 Å². The highest BCUT2D eigenvalue weighted by Gasteiger charge is 2.28. The molecule has 0 aliphatic heterocycles. The molecule has 0 radical (unpaired) electrons. The van der Waals surface area contributed by atoms with Gasteiger partial charge in [0.05, 0.1) is 6.42 Å². The predicted octanol–water partition coefficient (Wildman–Crippen LogP) is 3.35. The van der Waals surface area contributed by atoms with Gasteiger partial charge >= 0.3 is 6.18 Å². The molecule has 0 unspecified atom stereocenters. The van der Waals surface area contributed by atoms with Gasteiger partial charge in [-0.05, 0) is 24.3 Å². The van der Waals surface area contributed by atoms with E-state index in [1.54, 1.807) is 0 Å². The van der Waals surface area contributed by atoms with Gasteiger partial charge in [-0.1, -0.05) is 0 Å². The van der Waals surface area contributed by atoms with Crippen molar-refractivity contribution in [3.63, 3.8) is 0 Å². The lowest BCUT2D eigenvalue weighted by molar-refractivity contribution is -0.133. The number of carbonyl (C=O) groups is 1. The topological polar surface area (TPSA) is 17.1 Å². The monoisotopic (exact) mass is 220 g/mol. The summed E-state index contributed by atoms with van der Waals surface area (Å²) in [5.74, 6) is -1.16. The Bertz CT molecular complexity index is 339. The smallest absolute Gasteiger partial charge is 0.294 e. The summed E-state index contributed by atoms with van der Waals surface area (Å²) in [5, 5.41) is 0. The first-order chi connectivity index (χ1) is 6.88. The first-order valence-electron chi connectivity index (χ1n) is 4.24. The lowest BCUT2D eigenvalue weighted by Crippen LogP contribution is -2.10. The van der Waals surface area contributed by atoms with Crippen molar-refractivity contribution in [3.05, 3.63) is 35.6 Å². The summed E-state index contributed by atoms with van der Waals surface area (Å²) in [7, 11) is 0. The van der Waals surface area contributed by atoms with E-state index in [0.717, 1.165) is 12.1 Å². The van der Waals surface area contributed by atoms with Gasteiger partial charge in [0, 0.05) is 12.0 Å². The fraction of sp³-hybridized carbons (Fsp3) is 0.300. The lowest BCUT2D eigenvalue weighted by Gasteiger charge is -2.05. The zero-order valence-electron chi connectivity index (χ0n) is 7.64. The summed E-state index contributed by atoms with van der Waals surface area (Å²) < 4.78 is 47.8. The second-order valence-electron chi connectivity index (χ2n) is 3.05. The minimum Gasteiger partial charge on any atom is -0.294 e. The minimum atomic E-state index is -4.34. The quantitative estimate of drug-likeness (QED) is 0.564. The highest BCUT2D eigenvalue weighted by atomic mass is 19.4. The van der Waals surface area contributed by atoms with E-state index in [9.17, 15) is 22.4 Å². The number of hydrogen-bond acceptors (Lipinski definition) is 1. The van der Waals surface area contributed by atoms with Crippen LogP contribution in [0.25, 0.3) is 0 Å². The van der Waals surface area contributed by atoms with Gasteiger partial charge < -0.3 is 0 Å². The molecule has 0 aliphatic carbocycles. The van der Waals surface area contributed by atoms with Gasteiger partial charge in [-0.15, -0.1) is 0 Å². The van der Waals surface area contributed by atoms with Gasteiger partial charge in [-0.25, -0.2) is 4.39 Å². The maximum atomic E-state index is 12.4. The SMILES string of the molecule is O=C(CCC(F)(F)F)c1ccc(F)cc1. The number of ketones is 1. The fourth-order valence-corrected chi connectivity index (χ4v) is 1.04. The van der Waals surface area contributed by atoms with Crippen LogP contribution in [0, 0.1) is 5.82 Å². The van der Waals surface area contributed by atoms with E-state index in [-0.39, 0.29) is 5.56 Å². The second kappa shape index (κ2) is 4.42.